The molecule has 3 heteroatoms. The van der Waals surface area contributed by atoms with Crippen LogP contribution >= 0.6 is 0 Å². The summed E-state index contributed by atoms with van der Waals surface area (Å²) in [5, 5.41) is 0. The molecule has 1 aromatic rings. The maximum absolute atomic E-state index is 11.3. The minimum absolute atomic E-state index is 0.285. The van der Waals surface area contributed by atoms with E-state index in [0.29, 0.717) is 13.2 Å². The molecule has 0 aliphatic carbocycles. The topological polar surface area (TPSA) is 35.5 Å². The zero-order valence-electron chi connectivity index (χ0n) is 10.5. The smallest absolute Gasteiger partial charge is 0.334 e. The van der Waals surface area contributed by atoms with Crippen molar-refractivity contribution in [1.29, 1.82) is 0 Å². The maximum Gasteiger partial charge on any atom is 0.334 e. The molecule has 0 saturated carbocycles. The van der Waals surface area contributed by atoms with E-state index in [0.717, 1.165) is 12.8 Å². The van der Waals surface area contributed by atoms with Crippen molar-refractivity contribution < 1.29 is 14.3 Å². The normalized spacial score (nSPS) is 12.1. The molecule has 0 spiro atoms. The molecule has 0 radical (unpaired) electrons. The molecule has 94 valence electrons. The van der Waals surface area contributed by atoms with E-state index >= 15 is 0 Å². The van der Waals surface area contributed by atoms with Crippen LogP contribution in [0.1, 0.15) is 25.8 Å². The summed E-state index contributed by atoms with van der Waals surface area (Å²) < 4.78 is 10.3. The quantitative estimate of drug-likeness (QED) is 0.539. The Balaban J connectivity index is 2.14. The predicted octanol–water partition coefficient (Wildman–Crippen LogP) is 2.59. The van der Waals surface area contributed by atoms with Gasteiger partial charge in [0, 0.05) is 6.61 Å². The minimum atomic E-state index is -0.467. The van der Waals surface area contributed by atoms with E-state index in [2.05, 4.69) is 12.1 Å². The van der Waals surface area contributed by atoms with Crippen LogP contribution in [0.3, 0.4) is 0 Å². The fourth-order valence-electron chi connectivity index (χ4n) is 1.51. The highest BCUT2D eigenvalue weighted by Gasteiger charge is 2.13. The van der Waals surface area contributed by atoms with Gasteiger partial charge < -0.3 is 9.47 Å². The molecule has 0 N–H and O–H groups in total. The van der Waals surface area contributed by atoms with Gasteiger partial charge in [0.15, 0.2) is 6.10 Å². The molecule has 1 aromatic carbocycles. The Bertz CT molecular complexity index is 321. The number of benzene rings is 1. The second kappa shape index (κ2) is 7.85. The lowest BCUT2D eigenvalue weighted by Gasteiger charge is -2.11. The van der Waals surface area contributed by atoms with Gasteiger partial charge in [0.2, 0.25) is 0 Å². The fraction of sp³-hybridized carbons (Fsp3) is 0.500. The Hall–Kier alpha value is -1.35. The third kappa shape index (κ3) is 5.50. The lowest BCUT2D eigenvalue weighted by atomic mass is 10.1. The van der Waals surface area contributed by atoms with Crippen LogP contribution in [-0.2, 0) is 20.7 Å². The molecule has 1 atom stereocenters. The highest BCUT2D eigenvalue weighted by Crippen LogP contribution is 2.03. The molecule has 0 bridgehead atoms. The zero-order chi connectivity index (χ0) is 12.5. The largest absolute Gasteiger partial charge is 0.464 e. The average molecular weight is 236 g/mol. The van der Waals surface area contributed by atoms with Gasteiger partial charge in [-0.2, -0.15) is 0 Å². The van der Waals surface area contributed by atoms with E-state index in [1.165, 1.54) is 5.56 Å². The number of hydrogen-bond acceptors (Lipinski definition) is 3. The minimum Gasteiger partial charge on any atom is -0.464 e. The molecule has 17 heavy (non-hydrogen) atoms. The number of aryl methyl sites for hydroxylation is 1. The van der Waals surface area contributed by atoms with E-state index in [-0.39, 0.29) is 5.97 Å². The van der Waals surface area contributed by atoms with Crippen LogP contribution in [0.4, 0.5) is 0 Å². The molecule has 0 saturated heterocycles. The van der Waals surface area contributed by atoms with Crippen molar-refractivity contribution in [2.45, 2.75) is 32.8 Å². The van der Waals surface area contributed by atoms with Crippen LogP contribution in [0.5, 0.6) is 0 Å². The van der Waals surface area contributed by atoms with E-state index in [4.69, 9.17) is 9.47 Å². The van der Waals surface area contributed by atoms with Gasteiger partial charge in [-0.25, -0.2) is 4.79 Å². The Morgan fingerprint density at radius 3 is 2.65 bits per heavy atom. The van der Waals surface area contributed by atoms with Crippen LogP contribution in [0.2, 0.25) is 0 Å². The average Bonchev–Trinajstić information content (AvgIpc) is 2.36. The molecule has 3 nitrogen and oxygen atoms in total. The lowest BCUT2D eigenvalue weighted by molar-refractivity contribution is -0.155. The standard InChI is InChI=1S/C14H20O3/c1-3-16-14(15)12(2)17-11-7-10-13-8-5-4-6-9-13/h4-6,8-9,12H,3,7,10-11H2,1-2H3/t12-/m0/s1. The first-order chi connectivity index (χ1) is 8.24. The van der Waals surface area contributed by atoms with Crippen molar-refractivity contribution in [3.8, 4) is 0 Å². The summed E-state index contributed by atoms with van der Waals surface area (Å²) in [5.41, 5.74) is 1.29. The Labute approximate surface area is 103 Å². The van der Waals surface area contributed by atoms with Crippen molar-refractivity contribution in [2.75, 3.05) is 13.2 Å². The van der Waals surface area contributed by atoms with Gasteiger partial charge in [0.05, 0.1) is 6.61 Å². The first kappa shape index (κ1) is 13.7. The van der Waals surface area contributed by atoms with Crippen molar-refractivity contribution in [3.05, 3.63) is 35.9 Å². The highest BCUT2D eigenvalue weighted by molar-refractivity contribution is 5.74. The molecule has 0 aliphatic rings. The molecule has 1 rings (SSSR count). The Morgan fingerprint density at radius 2 is 2.00 bits per heavy atom. The fourth-order valence-corrected chi connectivity index (χ4v) is 1.51. The molecule has 0 fully saturated rings. The second-order valence-electron chi connectivity index (χ2n) is 3.85. The van der Waals surface area contributed by atoms with Gasteiger partial charge >= 0.3 is 5.97 Å². The number of carbonyl (C=O) groups excluding carboxylic acids is 1. The first-order valence-corrected chi connectivity index (χ1v) is 6.06. The van der Waals surface area contributed by atoms with E-state index < -0.39 is 6.10 Å². The SMILES string of the molecule is CCOC(=O)[C@H](C)OCCCc1ccccc1. The van der Waals surface area contributed by atoms with Gasteiger partial charge in [-0.1, -0.05) is 30.3 Å². The van der Waals surface area contributed by atoms with Gasteiger partial charge in [0.1, 0.15) is 0 Å². The monoisotopic (exact) mass is 236 g/mol. The van der Waals surface area contributed by atoms with Gasteiger partial charge in [-0.3, -0.25) is 0 Å². The van der Waals surface area contributed by atoms with Crippen molar-refractivity contribution >= 4 is 5.97 Å². The molecule has 0 amide bonds. The van der Waals surface area contributed by atoms with E-state index in [9.17, 15) is 4.79 Å². The lowest BCUT2D eigenvalue weighted by Crippen LogP contribution is -2.23. The van der Waals surface area contributed by atoms with Gasteiger partial charge in [-0.15, -0.1) is 0 Å². The van der Waals surface area contributed by atoms with Crippen LogP contribution in [0.25, 0.3) is 0 Å². The molecule has 0 unspecified atom stereocenters. The van der Waals surface area contributed by atoms with Crippen LogP contribution in [-0.4, -0.2) is 25.3 Å². The number of ether oxygens (including phenoxy) is 2. The summed E-state index contributed by atoms with van der Waals surface area (Å²) in [6.07, 6.45) is 1.41. The molecular weight excluding hydrogens is 216 g/mol. The maximum atomic E-state index is 11.3. The predicted molar refractivity (Wildman–Crippen MR) is 66.8 cm³/mol. The number of hydrogen-bond donors (Lipinski definition) is 0. The highest BCUT2D eigenvalue weighted by atomic mass is 16.6. The summed E-state index contributed by atoms with van der Waals surface area (Å²) in [5.74, 6) is -0.285. The summed E-state index contributed by atoms with van der Waals surface area (Å²) in [6.45, 7) is 4.49. The van der Waals surface area contributed by atoms with Crippen LogP contribution < -0.4 is 0 Å². The number of esters is 1. The molecule has 0 aliphatic heterocycles. The summed E-state index contributed by atoms with van der Waals surface area (Å²) in [7, 11) is 0. The second-order valence-corrected chi connectivity index (χ2v) is 3.85. The molecule has 0 aromatic heterocycles. The van der Waals surface area contributed by atoms with Gasteiger partial charge in [-0.05, 0) is 32.3 Å². The van der Waals surface area contributed by atoms with Crippen LogP contribution in [0, 0.1) is 0 Å². The van der Waals surface area contributed by atoms with E-state index in [1.54, 1.807) is 13.8 Å². The number of carbonyl (C=O) groups is 1. The van der Waals surface area contributed by atoms with Crippen molar-refractivity contribution in [1.82, 2.24) is 0 Å². The first-order valence-electron chi connectivity index (χ1n) is 6.06. The summed E-state index contributed by atoms with van der Waals surface area (Å²) in [6, 6.07) is 10.2. The van der Waals surface area contributed by atoms with Crippen molar-refractivity contribution in [3.63, 3.8) is 0 Å². The third-order valence-electron chi connectivity index (χ3n) is 2.44. The summed E-state index contributed by atoms with van der Waals surface area (Å²) >= 11 is 0. The van der Waals surface area contributed by atoms with Crippen LogP contribution in [0.15, 0.2) is 30.3 Å². The summed E-state index contributed by atoms with van der Waals surface area (Å²) in [4.78, 5) is 11.3. The zero-order valence-corrected chi connectivity index (χ0v) is 10.5. The molecule has 0 heterocycles. The number of rotatable bonds is 7. The molecular formula is C14H20O3. The van der Waals surface area contributed by atoms with Crippen molar-refractivity contribution in [2.24, 2.45) is 0 Å². The van der Waals surface area contributed by atoms with Gasteiger partial charge in [0.25, 0.3) is 0 Å². The van der Waals surface area contributed by atoms with E-state index in [1.807, 2.05) is 18.2 Å². The Kier molecular flexibility index (Phi) is 6.33. The Morgan fingerprint density at radius 1 is 1.29 bits per heavy atom. The third-order valence-corrected chi connectivity index (χ3v) is 2.44.